The van der Waals surface area contributed by atoms with Gasteiger partial charge in [-0.15, -0.1) is 0 Å². The topological polar surface area (TPSA) is 96.1 Å². The van der Waals surface area contributed by atoms with Gasteiger partial charge in [0.25, 0.3) is 0 Å². The van der Waals surface area contributed by atoms with Crippen molar-refractivity contribution in [2.75, 3.05) is 26.4 Å². The molecule has 250 valence electrons. The molecule has 48 heavy (non-hydrogen) atoms. The molecule has 8 heteroatoms. The molecule has 2 fully saturated rings. The second-order valence-corrected chi connectivity index (χ2v) is 12.6. The maximum absolute atomic E-state index is 13.2. The molecule has 0 radical (unpaired) electrons. The van der Waals surface area contributed by atoms with Crippen LogP contribution in [0.1, 0.15) is 68.7 Å². The minimum absolute atomic E-state index is 0.397. The number of epoxide rings is 2. The highest BCUT2D eigenvalue weighted by atomic mass is 16.6. The van der Waals surface area contributed by atoms with Crippen LogP contribution in [0.25, 0.3) is 11.1 Å². The number of hydrogen-bond donors (Lipinski definition) is 0. The lowest BCUT2D eigenvalue weighted by Crippen LogP contribution is -2.12. The highest BCUT2D eigenvalue weighted by molar-refractivity contribution is 5.94. The lowest BCUT2D eigenvalue weighted by atomic mass is 9.99. The molecule has 0 N–H and O–H groups in total. The molecule has 2 heterocycles. The SMILES string of the molecule is Cc1cc(OCCCC2CO2)ccc1C(=O)Oc1ccc(-c2cc(C)c(OC(=O)c3ccc(OCCCC4CO4)cc3C)c(C)c2)cc1. The van der Waals surface area contributed by atoms with Crippen LogP contribution in [0, 0.1) is 27.7 Å². The molecule has 2 aliphatic rings. The number of esters is 2. The number of hydrogen-bond acceptors (Lipinski definition) is 8. The van der Waals surface area contributed by atoms with Gasteiger partial charge in [0, 0.05) is 0 Å². The zero-order valence-electron chi connectivity index (χ0n) is 28.0. The first-order valence-electron chi connectivity index (χ1n) is 16.6. The summed E-state index contributed by atoms with van der Waals surface area (Å²) in [5.74, 6) is 1.62. The summed E-state index contributed by atoms with van der Waals surface area (Å²) in [5.41, 5.74) is 6.16. The van der Waals surface area contributed by atoms with Crippen LogP contribution in [0.2, 0.25) is 0 Å². The molecule has 6 rings (SSSR count). The minimum Gasteiger partial charge on any atom is -0.494 e. The first kappa shape index (κ1) is 33.2. The molecule has 2 saturated heterocycles. The fraction of sp³-hybridized carbons (Fsp3) is 0.350. The Morgan fingerprint density at radius 3 is 1.50 bits per heavy atom. The molecule has 4 aromatic rings. The predicted octanol–water partition coefficient (Wildman–Crippen LogP) is 8.14. The van der Waals surface area contributed by atoms with Crippen molar-refractivity contribution in [2.45, 2.75) is 65.6 Å². The number of carbonyl (C=O) groups excluding carboxylic acids is 2. The molecule has 2 unspecified atom stereocenters. The number of benzene rings is 4. The molecule has 0 amide bonds. The van der Waals surface area contributed by atoms with E-state index in [-0.39, 0.29) is 0 Å². The maximum Gasteiger partial charge on any atom is 0.343 e. The summed E-state index contributed by atoms with van der Waals surface area (Å²) in [7, 11) is 0. The monoisotopic (exact) mass is 650 g/mol. The average molecular weight is 651 g/mol. The van der Waals surface area contributed by atoms with Gasteiger partial charge in [-0.2, -0.15) is 0 Å². The predicted molar refractivity (Wildman–Crippen MR) is 183 cm³/mol. The molecule has 0 spiro atoms. The Morgan fingerprint density at radius 2 is 1.04 bits per heavy atom. The van der Waals surface area contributed by atoms with Crippen molar-refractivity contribution in [2.24, 2.45) is 0 Å². The summed E-state index contributed by atoms with van der Waals surface area (Å²) in [6.45, 7) is 10.5. The quantitative estimate of drug-likeness (QED) is 0.0551. The van der Waals surface area contributed by atoms with Gasteiger partial charge in [0.15, 0.2) is 0 Å². The molecule has 0 aromatic heterocycles. The van der Waals surface area contributed by atoms with E-state index in [1.54, 1.807) is 30.3 Å². The third-order valence-electron chi connectivity index (χ3n) is 8.57. The van der Waals surface area contributed by atoms with Crippen molar-refractivity contribution < 1.29 is 38.0 Å². The Kier molecular flexibility index (Phi) is 10.4. The van der Waals surface area contributed by atoms with Crippen molar-refractivity contribution in [3.05, 3.63) is 106 Å². The Morgan fingerprint density at radius 1 is 0.583 bits per heavy atom. The van der Waals surface area contributed by atoms with E-state index < -0.39 is 11.9 Å². The molecular weight excluding hydrogens is 608 g/mol. The van der Waals surface area contributed by atoms with Crippen LogP contribution in [0.3, 0.4) is 0 Å². The second kappa shape index (κ2) is 15.0. The van der Waals surface area contributed by atoms with E-state index in [1.165, 1.54) is 0 Å². The van der Waals surface area contributed by atoms with Crippen molar-refractivity contribution in [1.82, 2.24) is 0 Å². The lowest BCUT2D eigenvalue weighted by molar-refractivity contribution is 0.0723. The lowest BCUT2D eigenvalue weighted by Gasteiger charge is -2.15. The Balaban J connectivity index is 1.04. The van der Waals surface area contributed by atoms with Crippen LogP contribution in [0.15, 0.2) is 72.8 Å². The first-order valence-corrected chi connectivity index (χ1v) is 16.6. The van der Waals surface area contributed by atoms with E-state index in [1.807, 2.05) is 70.2 Å². The fourth-order valence-corrected chi connectivity index (χ4v) is 5.68. The summed E-state index contributed by atoms with van der Waals surface area (Å²) >= 11 is 0. The summed E-state index contributed by atoms with van der Waals surface area (Å²) in [4.78, 5) is 26.1. The van der Waals surface area contributed by atoms with Crippen LogP contribution in [-0.4, -0.2) is 50.6 Å². The number of ether oxygens (including phenoxy) is 6. The molecule has 2 aliphatic heterocycles. The van der Waals surface area contributed by atoms with Gasteiger partial charge in [0.1, 0.15) is 23.0 Å². The van der Waals surface area contributed by atoms with Gasteiger partial charge in [-0.1, -0.05) is 12.1 Å². The van der Waals surface area contributed by atoms with Gasteiger partial charge in [-0.25, -0.2) is 9.59 Å². The molecule has 0 aliphatic carbocycles. The van der Waals surface area contributed by atoms with Crippen LogP contribution in [-0.2, 0) is 9.47 Å². The first-order chi connectivity index (χ1) is 23.2. The largest absolute Gasteiger partial charge is 0.494 e. The molecule has 0 bridgehead atoms. The zero-order valence-corrected chi connectivity index (χ0v) is 28.0. The van der Waals surface area contributed by atoms with E-state index in [0.29, 0.717) is 48.0 Å². The Hall–Kier alpha value is -4.66. The van der Waals surface area contributed by atoms with Crippen LogP contribution in [0.5, 0.6) is 23.0 Å². The number of carbonyl (C=O) groups is 2. The molecule has 0 saturated carbocycles. The molecule has 8 nitrogen and oxygen atoms in total. The summed E-state index contributed by atoms with van der Waals surface area (Å²) in [5, 5.41) is 0. The third kappa shape index (κ3) is 8.82. The Bertz CT molecular complexity index is 1750. The second-order valence-electron chi connectivity index (χ2n) is 12.6. The van der Waals surface area contributed by atoms with E-state index in [2.05, 4.69) is 0 Å². The van der Waals surface area contributed by atoms with E-state index in [0.717, 1.165) is 83.8 Å². The highest BCUT2D eigenvalue weighted by Crippen LogP contribution is 2.32. The smallest absolute Gasteiger partial charge is 0.343 e. The number of aryl methyl sites for hydroxylation is 4. The summed E-state index contributed by atoms with van der Waals surface area (Å²) in [6.07, 6.45) is 4.67. The molecule has 2 atom stereocenters. The van der Waals surface area contributed by atoms with Crippen LogP contribution in [0.4, 0.5) is 0 Å². The van der Waals surface area contributed by atoms with Crippen LogP contribution < -0.4 is 18.9 Å². The molecular formula is C40H42O8. The van der Waals surface area contributed by atoms with Crippen LogP contribution >= 0.6 is 0 Å². The van der Waals surface area contributed by atoms with Crippen molar-refractivity contribution in [3.8, 4) is 34.1 Å². The van der Waals surface area contributed by atoms with E-state index in [9.17, 15) is 9.59 Å². The standard InChI is InChI=1S/C40H42O8/c1-25-21-32(43-17-5-7-34-23-45-34)13-15-36(25)39(41)47-31-11-9-29(10-12-31)30-19-27(3)38(28(4)20-30)48-40(42)37-16-14-33(22-26(37)2)44-18-6-8-35-24-46-35/h9-16,19-22,34-35H,5-8,17-18,23-24H2,1-4H3. The van der Waals surface area contributed by atoms with Gasteiger partial charge in [-0.3, -0.25) is 0 Å². The highest BCUT2D eigenvalue weighted by Gasteiger charge is 2.22. The van der Waals surface area contributed by atoms with Gasteiger partial charge in [-0.05, 0) is 147 Å². The van der Waals surface area contributed by atoms with Crippen molar-refractivity contribution in [3.63, 3.8) is 0 Å². The van der Waals surface area contributed by atoms with Crippen molar-refractivity contribution >= 4 is 11.9 Å². The fourth-order valence-electron chi connectivity index (χ4n) is 5.68. The third-order valence-corrected chi connectivity index (χ3v) is 8.57. The van der Waals surface area contributed by atoms with Gasteiger partial charge in [0.2, 0.25) is 0 Å². The van der Waals surface area contributed by atoms with Gasteiger partial charge < -0.3 is 28.4 Å². The van der Waals surface area contributed by atoms with Gasteiger partial charge in [0.05, 0.1) is 49.8 Å². The van der Waals surface area contributed by atoms with Gasteiger partial charge >= 0.3 is 11.9 Å². The number of rotatable bonds is 15. The Labute approximate surface area is 281 Å². The zero-order chi connectivity index (χ0) is 33.6. The molecule has 4 aromatic carbocycles. The van der Waals surface area contributed by atoms with Crippen molar-refractivity contribution in [1.29, 1.82) is 0 Å². The minimum atomic E-state index is -0.424. The summed E-state index contributed by atoms with van der Waals surface area (Å²) in [6, 6.07) is 22.2. The van der Waals surface area contributed by atoms with E-state index in [4.69, 9.17) is 28.4 Å². The average Bonchev–Trinajstić information content (AvgIpc) is 4.00. The normalized spacial score (nSPS) is 16.2. The van der Waals surface area contributed by atoms with E-state index >= 15 is 0 Å². The maximum atomic E-state index is 13.2. The summed E-state index contributed by atoms with van der Waals surface area (Å²) < 4.78 is 33.7.